The first-order chi connectivity index (χ1) is 5.11. The molecule has 66 valence electrons. The predicted octanol–water partition coefficient (Wildman–Crippen LogP) is 1.21. The van der Waals surface area contributed by atoms with Crippen LogP contribution in [-0.2, 0) is 0 Å². The van der Waals surface area contributed by atoms with E-state index in [9.17, 15) is 0 Å². The molecule has 0 radical (unpaired) electrons. The topological polar surface area (TPSA) is 29.3 Å². The van der Waals surface area contributed by atoms with Crippen LogP contribution >= 0.6 is 0 Å². The highest BCUT2D eigenvalue weighted by molar-refractivity contribution is 4.82. The van der Waals surface area contributed by atoms with Gasteiger partial charge in [-0.2, -0.15) is 0 Å². The number of hydrogen-bond donors (Lipinski definition) is 1. The maximum atomic E-state index is 5.86. The van der Waals surface area contributed by atoms with Crippen molar-refractivity contribution < 1.29 is 0 Å². The minimum Gasteiger partial charge on any atom is -0.328 e. The molecule has 0 unspecified atom stereocenters. The summed E-state index contributed by atoms with van der Waals surface area (Å²) in [6.45, 7) is 7.97. The molecule has 2 atom stereocenters. The third-order valence-electron chi connectivity index (χ3n) is 2.63. The van der Waals surface area contributed by atoms with Crippen molar-refractivity contribution in [2.45, 2.75) is 51.7 Å². The monoisotopic (exact) mass is 156 g/mol. The molecule has 0 aromatic heterocycles. The summed E-state index contributed by atoms with van der Waals surface area (Å²) in [6, 6.07) is 1.80. The summed E-state index contributed by atoms with van der Waals surface area (Å²) in [5.41, 5.74) is 5.86. The second-order valence-corrected chi connectivity index (χ2v) is 3.97. The van der Waals surface area contributed by atoms with E-state index in [1.54, 1.807) is 0 Å². The molecular formula is C9H20N2. The Morgan fingerprint density at radius 2 is 2.09 bits per heavy atom. The lowest BCUT2D eigenvalue weighted by Gasteiger charge is -2.39. The first-order valence-corrected chi connectivity index (χ1v) is 4.62. The average molecular weight is 156 g/mol. The van der Waals surface area contributed by atoms with E-state index in [-0.39, 0.29) is 0 Å². The molecule has 0 spiro atoms. The van der Waals surface area contributed by atoms with Crippen molar-refractivity contribution in [2.75, 3.05) is 6.54 Å². The fourth-order valence-electron chi connectivity index (χ4n) is 1.99. The molecule has 0 aromatic rings. The van der Waals surface area contributed by atoms with Crippen LogP contribution < -0.4 is 5.73 Å². The Hall–Kier alpha value is -0.0800. The van der Waals surface area contributed by atoms with E-state index in [1.165, 1.54) is 13.0 Å². The second kappa shape index (κ2) is 3.55. The van der Waals surface area contributed by atoms with Crippen molar-refractivity contribution in [1.29, 1.82) is 0 Å². The van der Waals surface area contributed by atoms with Gasteiger partial charge >= 0.3 is 0 Å². The highest BCUT2D eigenvalue weighted by Crippen LogP contribution is 2.17. The summed E-state index contributed by atoms with van der Waals surface area (Å²) in [4.78, 5) is 2.53. The van der Waals surface area contributed by atoms with Crippen LogP contribution in [-0.4, -0.2) is 29.6 Å². The summed E-state index contributed by atoms with van der Waals surface area (Å²) in [5.74, 6) is 0. The van der Waals surface area contributed by atoms with Gasteiger partial charge in [0.2, 0.25) is 0 Å². The van der Waals surface area contributed by atoms with Crippen molar-refractivity contribution >= 4 is 0 Å². The number of nitrogens with two attached hydrogens (primary N) is 1. The second-order valence-electron chi connectivity index (χ2n) is 3.97. The van der Waals surface area contributed by atoms with Gasteiger partial charge in [0.1, 0.15) is 0 Å². The van der Waals surface area contributed by atoms with Crippen molar-refractivity contribution in [2.24, 2.45) is 5.73 Å². The smallest absolute Gasteiger partial charge is 0.00843 e. The van der Waals surface area contributed by atoms with E-state index in [1.807, 2.05) is 0 Å². The van der Waals surface area contributed by atoms with Crippen LogP contribution in [0.2, 0.25) is 0 Å². The van der Waals surface area contributed by atoms with E-state index in [0.29, 0.717) is 18.1 Å². The van der Waals surface area contributed by atoms with E-state index in [4.69, 9.17) is 5.73 Å². The summed E-state index contributed by atoms with van der Waals surface area (Å²) in [6.07, 6.45) is 2.33. The van der Waals surface area contributed by atoms with Crippen LogP contribution in [0, 0.1) is 0 Å². The molecule has 11 heavy (non-hydrogen) atoms. The number of likely N-dealkylation sites (tertiary alicyclic amines) is 1. The van der Waals surface area contributed by atoms with Crippen molar-refractivity contribution in [3.8, 4) is 0 Å². The summed E-state index contributed by atoms with van der Waals surface area (Å²) in [7, 11) is 0. The minimum absolute atomic E-state index is 0.444. The van der Waals surface area contributed by atoms with Gasteiger partial charge in [0, 0.05) is 24.7 Å². The first kappa shape index (κ1) is 9.01. The average Bonchev–Trinajstić information content (AvgIpc) is 1.85. The Labute approximate surface area is 69.8 Å². The molecular weight excluding hydrogens is 136 g/mol. The zero-order valence-electron chi connectivity index (χ0n) is 7.88. The maximum absolute atomic E-state index is 5.86. The Bertz CT molecular complexity index is 123. The molecule has 1 aliphatic rings. The molecule has 0 saturated carbocycles. The number of hydrogen-bond acceptors (Lipinski definition) is 2. The molecule has 1 saturated heterocycles. The minimum atomic E-state index is 0.444. The van der Waals surface area contributed by atoms with Crippen LogP contribution in [0.15, 0.2) is 0 Å². The van der Waals surface area contributed by atoms with Gasteiger partial charge in [-0.1, -0.05) is 0 Å². The van der Waals surface area contributed by atoms with E-state index in [0.717, 1.165) is 6.42 Å². The van der Waals surface area contributed by atoms with E-state index < -0.39 is 0 Å². The van der Waals surface area contributed by atoms with Crippen LogP contribution in [0.4, 0.5) is 0 Å². The highest BCUT2D eigenvalue weighted by atomic mass is 15.2. The molecule has 1 rings (SSSR count). The van der Waals surface area contributed by atoms with Gasteiger partial charge in [0.15, 0.2) is 0 Å². The normalized spacial score (nSPS) is 34.6. The van der Waals surface area contributed by atoms with Crippen LogP contribution in [0.25, 0.3) is 0 Å². The lowest BCUT2D eigenvalue weighted by atomic mass is 9.98. The Kier molecular flexibility index (Phi) is 2.90. The van der Waals surface area contributed by atoms with Gasteiger partial charge in [-0.25, -0.2) is 0 Å². The van der Waals surface area contributed by atoms with Gasteiger partial charge < -0.3 is 5.73 Å². The molecule has 1 aliphatic heterocycles. The molecule has 1 fully saturated rings. The molecule has 2 nitrogen and oxygen atoms in total. The van der Waals surface area contributed by atoms with Crippen molar-refractivity contribution in [3.63, 3.8) is 0 Å². The standard InChI is InChI=1S/C9H20N2/c1-7(2)11-5-4-9(10)6-8(11)3/h7-9H,4-6,10H2,1-3H3/t8-,9+/m0/s1. The van der Waals surface area contributed by atoms with Crippen LogP contribution in [0.5, 0.6) is 0 Å². The van der Waals surface area contributed by atoms with Gasteiger partial charge in [0.05, 0.1) is 0 Å². The van der Waals surface area contributed by atoms with Crippen LogP contribution in [0.1, 0.15) is 33.6 Å². The molecule has 1 heterocycles. The molecule has 0 aliphatic carbocycles. The third-order valence-corrected chi connectivity index (χ3v) is 2.63. The quantitative estimate of drug-likeness (QED) is 0.618. The zero-order valence-corrected chi connectivity index (χ0v) is 7.88. The Morgan fingerprint density at radius 3 is 2.55 bits per heavy atom. The molecule has 2 N–H and O–H groups in total. The highest BCUT2D eigenvalue weighted by Gasteiger charge is 2.24. The van der Waals surface area contributed by atoms with Crippen molar-refractivity contribution in [1.82, 2.24) is 4.90 Å². The Balaban J connectivity index is 2.44. The molecule has 2 heteroatoms. The fourth-order valence-corrected chi connectivity index (χ4v) is 1.99. The zero-order chi connectivity index (χ0) is 8.43. The summed E-state index contributed by atoms with van der Waals surface area (Å²) >= 11 is 0. The number of piperidine rings is 1. The molecule has 0 aromatic carbocycles. The largest absolute Gasteiger partial charge is 0.328 e. The molecule has 0 bridgehead atoms. The van der Waals surface area contributed by atoms with Crippen molar-refractivity contribution in [3.05, 3.63) is 0 Å². The third kappa shape index (κ3) is 2.17. The SMILES string of the molecule is CC(C)N1CC[C@@H](N)C[C@@H]1C. The van der Waals surface area contributed by atoms with E-state index in [2.05, 4.69) is 25.7 Å². The number of rotatable bonds is 1. The van der Waals surface area contributed by atoms with Gasteiger partial charge in [0.25, 0.3) is 0 Å². The molecule has 0 amide bonds. The van der Waals surface area contributed by atoms with Gasteiger partial charge in [-0.3, -0.25) is 4.90 Å². The fraction of sp³-hybridized carbons (Fsp3) is 1.00. The predicted molar refractivity (Wildman–Crippen MR) is 48.5 cm³/mol. The summed E-state index contributed by atoms with van der Waals surface area (Å²) in [5, 5.41) is 0. The summed E-state index contributed by atoms with van der Waals surface area (Å²) < 4.78 is 0. The Morgan fingerprint density at radius 1 is 1.45 bits per heavy atom. The van der Waals surface area contributed by atoms with Gasteiger partial charge in [-0.15, -0.1) is 0 Å². The van der Waals surface area contributed by atoms with E-state index >= 15 is 0 Å². The lowest BCUT2D eigenvalue weighted by Crippen LogP contribution is -2.48. The lowest BCUT2D eigenvalue weighted by molar-refractivity contribution is 0.113. The maximum Gasteiger partial charge on any atom is 0.00843 e. The van der Waals surface area contributed by atoms with Crippen LogP contribution in [0.3, 0.4) is 0 Å². The van der Waals surface area contributed by atoms with Gasteiger partial charge in [-0.05, 0) is 33.6 Å². The number of nitrogens with zero attached hydrogens (tertiary/aromatic N) is 1. The first-order valence-electron chi connectivity index (χ1n) is 4.62.